The standard InChI is InChI=1S/C16H20N2O4/c1-21-15(19)14-8-13(9-17-14)22-16(20)18-7-6-11-4-2-3-5-12(11)10-18/h2-5,13-14,17H,6-10H2,1H3/t13-,14-/m0/s1. The summed E-state index contributed by atoms with van der Waals surface area (Å²) in [7, 11) is 1.36. The Morgan fingerprint density at radius 1 is 1.27 bits per heavy atom. The lowest BCUT2D eigenvalue weighted by molar-refractivity contribution is -0.142. The van der Waals surface area contributed by atoms with Crippen LogP contribution in [0.25, 0.3) is 0 Å². The van der Waals surface area contributed by atoms with Gasteiger partial charge in [0.1, 0.15) is 12.1 Å². The quantitative estimate of drug-likeness (QED) is 0.828. The van der Waals surface area contributed by atoms with Crippen LogP contribution in [0.15, 0.2) is 24.3 Å². The first kappa shape index (κ1) is 14.8. The first-order valence-electron chi connectivity index (χ1n) is 7.51. The average Bonchev–Trinajstić information content (AvgIpc) is 3.02. The van der Waals surface area contributed by atoms with Gasteiger partial charge in [-0.05, 0) is 17.5 Å². The molecule has 0 radical (unpaired) electrons. The number of carbonyl (C=O) groups is 2. The molecule has 0 bridgehead atoms. The molecule has 2 aliphatic rings. The van der Waals surface area contributed by atoms with Crippen molar-refractivity contribution in [2.24, 2.45) is 0 Å². The molecule has 1 fully saturated rings. The van der Waals surface area contributed by atoms with Crippen LogP contribution in [0.2, 0.25) is 0 Å². The van der Waals surface area contributed by atoms with Crippen LogP contribution < -0.4 is 5.32 Å². The highest BCUT2D eigenvalue weighted by molar-refractivity contribution is 5.76. The third kappa shape index (κ3) is 3.06. The summed E-state index contributed by atoms with van der Waals surface area (Å²) in [5.41, 5.74) is 2.46. The first-order valence-corrected chi connectivity index (χ1v) is 7.51. The number of nitrogens with one attached hydrogen (secondary N) is 1. The summed E-state index contributed by atoms with van der Waals surface area (Å²) >= 11 is 0. The summed E-state index contributed by atoms with van der Waals surface area (Å²) in [6, 6.07) is 7.75. The van der Waals surface area contributed by atoms with E-state index in [0.717, 1.165) is 6.42 Å². The molecule has 3 rings (SSSR count). The number of nitrogens with zero attached hydrogens (tertiary/aromatic N) is 1. The van der Waals surface area contributed by atoms with E-state index in [2.05, 4.69) is 11.4 Å². The monoisotopic (exact) mass is 304 g/mol. The first-order chi connectivity index (χ1) is 10.7. The highest BCUT2D eigenvalue weighted by atomic mass is 16.6. The van der Waals surface area contributed by atoms with Crippen LogP contribution in [0.1, 0.15) is 17.5 Å². The molecule has 1 aromatic rings. The van der Waals surface area contributed by atoms with Gasteiger partial charge in [-0.1, -0.05) is 24.3 Å². The molecule has 1 saturated heterocycles. The summed E-state index contributed by atoms with van der Waals surface area (Å²) in [5.74, 6) is -0.314. The van der Waals surface area contributed by atoms with Crippen LogP contribution in [0.3, 0.4) is 0 Å². The molecule has 0 spiro atoms. The zero-order chi connectivity index (χ0) is 15.5. The van der Waals surface area contributed by atoms with Crippen LogP contribution in [0.5, 0.6) is 0 Å². The minimum Gasteiger partial charge on any atom is -0.468 e. The summed E-state index contributed by atoms with van der Waals surface area (Å²) in [4.78, 5) is 25.4. The van der Waals surface area contributed by atoms with E-state index in [1.807, 2.05) is 18.2 Å². The van der Waals surface area contributed by atoms with Gasteiger partial charge in [-0.15, -0.1) is 0 Å². The molecule has 0 saturated carbocycles. The Morgan fingerprint density at radius 2 is 2.05 bits per heavy atom. The molecule has 0 aliphatic carbocycles. The molecule has 22 heavy (non-hydrogen) atoms. The molecule has 6 heteroatoms. The van der Waals surface area contributed by atoms with Crippen molar-refractivity contribution in [3.63, 3.8) is 0 Å². The van der Waals surface area contributed by atoms with Crippen molar-refractivity contribution >= 4 is 12.1 Å². The van der Waals surface area contributed by atoms with Crippen LogP contribution in [0.4, 0.5) is 4.79 Å². The topological polar surface area (TPSA) is 67.9 Å². The second-order valence-electron chi connectivity index (χ2n) is 5.67. The summed E-state index contributed by atoms with van der Waals surface area (Å²) in [5, 5.41) is 3.01. The van der Waals surface area contributed by atoms with Crippen molar-refractivity contribution < 1.29 is 19.1 Å². The zero-order valence-electron chi connectivity index (χ0n) is 12.6. The van der Waals surface area contributed by atoms with Crippen LogP contribution in [-0.2, 0) is 27.2 Å². The van der Waals surface area contributed by atoms with Crippen molar-refractivity contribution in [3.8, 4) is 0 Å². The zero-order valence-corrected chi connectivity index (χ0v) is 12.6. The maximum Gasteiger partial charge on any atom is 0.410 e. The number of ether oxygens (including phenoxy) is 2. The van der Waals surface area contributed by atoms with Crippen LogP contribution in [0, 0.1) is 0 Å². The van der Waals surface area contributed by atoms with Crippen molar-refractivity contribution in [2.45, 2.75) is 31.5 Å². The fourth-order valence-electron chi connectivity index (χ4n) is 2.98. The number of fused-ring (bicyclic) bond motifs is 1. The number of hydrogen-bond donors (Lipinski definition) is 1. The van der Waals surface area contributed by atoms with Gasteiger partial charge in [0.25, 0.3) is 0 Å². The lowest BCUT2D eigenvalue weighted by atomic mass is 10.0. The Balaban J connectivity index is 1.54. The molecule has 1 N–H and O–H groups in total. The number of methoxy groups -OCH3 is 1. The molecule has 118 valence electrons. The average molecular weight is 304 g/mol. The largest absolute Gasteiger partial charge is 0.468 e. The van der Waals surface area contributed by atoms with Gasteiger partial charge in [0.05, 0.1) is 7.11 Å². The molecule has 0 unspecified atom stereocenters. The Bertz CT molecular complexity index is 575. The van der Waals surface area contributed by atoms with E-state index < -0.39 is 0 Å². The fourth-order valence-corrected chi connectivity index (χ4v) is 2.98. The molecular formula is C16H20N2O4. The van der Waals surface area contributed by atoms with Crippen molar-refractivity contribution in [3.05, 3.63) is 35.4 Å². The Labute approximate surface area is 129 Å². The summed E-state index contributed by atoms with van der Waals surface area (Å²) < 4.78 is 10.2. The highest BCUT2D eigenvalue weighted by Gasteiger charge is 2.33. The Morgan fingerprint density at radius 3 is 2.82 bits per heavy atom. The smallest absolute Gasteiger partial charge is 0.410 e. The molecule has 2 atom stereocenters. The molecule has 1 aromatic carbocycles. The second kappa shape index (κ2) is 6.36. The van der Waals surface area contributed by atoms with E-state index in [9.17, 15) is 9.59 Å². The van der Waals surface area contributed by atoms with E-state index >= 15 is 0 Å². The maximum absolute atomic E-state index is 12.3. The number of esters is 1. The van der Waals surface area contributed by atoms with Gasteiger partial charge in [-0.3, -0.25) is 4.79 Å². The van der Waals surface area contributed by atoms with E-state index in [-0.39, 0.29) is 24.2 Å². The maximum atomic E-state index is 12.3. The van der Waals surface area contributed by atoms with Gasteiger partial charge in [0.15, 0.2) is 0 Å². The molecular weight excluding hydrogens is 284 g/mol. The third-order valence-corrected chi connectivity index (χ3v) is 4.23. The predicted molar refractivity (Wildman–Crippen MR) is 79.2 cm³/mol. The van der Waals surface area contributed by atoms with Crippen molar-refractivity contribution in [2.75, 3.05) is 20.2 Å². The lowest BCUT2D eigenvalue weighted by Gasteiger charge is -2.29. The normalized spacial score (nSPS) is 23.8. The van der Waals surface area contributed by atoms with E-state index in [0.29, 0.717) is 26.1 Å². The number of benzene rings is 1. The minimum absolute atomic E-state index is 0.284. The molecule has 1 amide bonds. The predicted octanol–water partition coefficient (Wildman–Crippen LogP) is 1.08. The highest BCUT2D eigenvalue weighted by Crippen LogP contribution is 2.20. The fraction of sp³-hybridized carbons (Fsp3) is 0.500. The molecule has 0 aromatic heterocycles. The van der Waals surface area contributed by atoms with Crippen LogP contribution >= 0.6 is 0 Å². The van der Waals surface area contributed by atoms with Gasteiger partial charge >= 0.3 is 12.1 Å². The number of carbonyl (C=O) groups excluding carboxylic acids is 2. The van der Waals surface area contributed by atoms with Crippen LogP contribution in [-0.4, -0.2) is 49.3 Å². The van der Waals surface area contributed by atoms with Crippen molar-refractivity contribution in [1.82, 2.24) is 10.2 Å². The van der Waals surface area contributed by atoms with Gasteiger partial charge in [0, 0.05) is 26.1 Å². The SMILES string of the molecule is COC(=O)[C@@H]1C[C@H](OC(=O)N2CCc3ccccc3C2)CN1. The third-order valence-electron chi connectivity index (χ3n) is 4.23. The van der Waals surface area contributed by atoms with Crippen molar-refractivity contribution in [1.29, 1.82) is 0 Å². The molecule has 2 heterocycles. The van der Waals surface area contributed by atoms with Gasteiger partial charge < -0.3 is 19.7 Å². The second-order valence-corrected chi connectivity index (χ2v) is 5.67. The number of amides is 1. The van der Waals surface area contributed by atoms with Gasteiger partial charge in [-0.2, -0.15) is 0 Å². The Kier molecular flexibility index (Phi) is 4.29. The summed E-state index contributed by atoms with van der Waals surface area (Å²) in [6.07, 6.45) is 0.711. The lowest BCUT2D eigenvalue weighted by Crippen LogP contribution is -2.38. The number of rotatable bonds is 2. The minimum atomic E-state index is -0.384. The van der Waals surface area contributed by atoms with E-state index in [1.54, 1.807) is 4.90 Å². The van der Waals surface area contributed by atoms with Gasteiger partial charge in [-0.25, -0.2) is 4.79 Å². The Hall–Kier alpha value is -2.08. The van der Waals surface area contributed by atoms with Gasteiger partial charge in [0.2, 0.25) is 0 Å². The molecule has 6 nitrogen and oxygen atoms in total. The van der Waals surface area contributed by atoms with E-state index in [1.165, 1.54) is 18.2 Å². The van der Waals surface area contributed by atoms with E-state index in [4.69, 9.17) is 9.47 Å². The summed E-state index contributed by atoms with van der Waals surface area (Å²) in [6.45, 7) is 1.72. The number of hydrogen-bond acceptors (Lipinski definition) is 5. The molecule has 2 aliphatic heterocycles.